The topological polar surface area (TPSA) is 117 Å². The number of phenols is 1. The van der Waals surface area contributed by atoms with Crippen molar-refractivity contribution in [3.63, 3.8) is 0 Å². The first kappa shape index (κ1) is 22.6. The molecule has 1 atom stereocenters. The number of rotatable bonds is 9. The minimum Gasteiger partial charge on any atom is -0.504 e. The van der Waals surface area contributed by atoms with Gasteiger partial charge in [0, 0.05) is 24.7 Å². The minimum absolute atomic E-state index is 0.0887. The van der Waals surface area contributed by atoms with Gasteiger partial charge in [-0.1, -0.05) is 26.0 Å². The molecule has 2 heterocycles. The molecule has 31 heavy (non-hydrogen) atoms. The maximum Gasteiger partial charge on any atom is 0.205 e. The Hall–Kier alpha value is -3.07. The van der Waals surface area contributed by atoms with E-state index in [0.717, 1.165) is 11.4 Å². The Morgan fingerprint density at radius 1 is 1.10 bits per heavy atom. The van der Waals surface area contributed by atoms with E-state index in [-0.39, 0.29) is 17.7 Å². The molecule has 9 nitrogen and oxygen atoms in total. The van der Waals surface area contributed by atoms with Gasteiger partial charge in [0.1, 0.15) is 0 Å². The SMILES string of the molecule is COc1cccc(CNc2nc(NCC(C)O)n(C(C)C)c3c(C(C)C)nnc2-3)c1O. The van der Waals surface area contributed by atoms with Gasteiger partial charge in [-0.05, 0) is 32.8 Å². The van der Waals surface area contributed by atoms with Crippen LogP contribution in [-0.4, -0.2) is 49.7 Å². The Morgan fingerprint density at radius 3 is 2.45 bits per heavy atom. The molecule has 2 aliphatic rings. The highest BCUT2D eigenvalue weighted by molar-refractivity contribution is 5.75. The van der Waals surface area contributed by atoms with E-state index in [1.54, 1.807) is 13.0 Å². The van der Waals surface area contributed by atoms with E-state index in [1.807, 2.05) is 12.1 Å². The number of anilines is 2. The highest BCUT2D eigenvalue weighted by Gasteiger charge is 2.28. The third-order valence-electron chi connectivity index (χ3n) is 5.00. The molecular formula is C22H32N6O3. The highest BCUT2D eigenvalue weighted by Crippen LogP contribution is 2.38. The summed E-state index contributed by atoms with van der Waals surface area (Å²) in [5, 5.41) is 35.6. The van der Waals surface area contributed by atoms with Gasteiger partial charge in [0.2, 0.25) is 5.95 Å². The van der Waals surface area contributed by atoms with Crippen molar-refractivity contribution in [2.75, 3.05) is 24.3 Å². The minimum atomic E-state index is -0.524. The van der Waals surface area contributed by atoms with Crippen molar-refractivity contribution < 1.29 is 14.9 Å². The van der Waals surface area contributed by atoms with Gasteiger partial charge in [-0.3, -0.25) is 0 Å². The number of benzene rings is 1. The Morgan fingerprint density at radius 2 is 1.84 bits per heavy atom. The number of para-hydroxylation sites is 1. The van der Waals surface area contributed by atoms with Crippen molar-refractivity contribution in [1.29, 1.82) is 0 Å². The highest BCUT2D eigenvalue weighted by atomic mass is 16.5. The van der Waals surface area contributed by atoms with E-state index in [1.165, 1.54) is 7.11 Å². The predicted molar refractivity (Wildman–Crippen MR) is 121 cm³/mol. The third kappa shape index (κ3) is 4.66. The second kappa shape index (κ2) is 9.38. The molecule has 9 heteroatoms. The summed E-state index contributed by atoms with van der Waals surface area (Å²) in [6, 6.07) is 5.46. The largest absolute Gasteiger partial charge is 0.504 e. The number of fused-ring (bicyclic) bond motifs is 1. The van der Waals surface area contributed by atoms with E-state index >= 15 is 0 Å². The number of aromatic nitrogens is 4. The lowest BCUT2D eigenvalue weighted by atomic mass is 10.1. The molecule has 168 valence electrons. The zero-order valence-corrected chi connectivity index (χ0v) is 19.0. The number of nitrogens with zero attached hydrogens (tertiary/aromatic N) is 4. The van der Waals surface area contributed by atoms with E-state index in [0.29, 0.717) is 41.9 Å². The number of aliphatic hydroxyl groups is 1. The fourth-order valence-electron chi connectivity index (χ4n) is 3.47. The molecule has 4 N–H and O–H groups in total. The van der Waals surface area contributed by atoms with Crippen LogP contribution in [0.2, 0.25) is 0 Å². The summed E-state index contributed by atoms with van der Waals surface area (Å²) in [6.07, 6.45) is -0.524. The predicted octanol–water partition coefficient (Wildman–Crippen LogP) is 3.60. The molecule has 1 unspecified atom stereocenters. The quantitative estimate of drug-likeness (QED) is 0.408. The van der Waals surface area contributed by atoms with Crippen molar-refractivity contribution in [2.45, 2.75) is 59.2 Å². The lowest BCUT2D eigenvalue weighted by Gasteiger charge is -2.24. The zero-order valence-electron chi connectivity index (χ0n) is 19.0. The van der Waals surface area contributed by atoms with Crippen LogP contribution in [0.3, 0.4) is 0 Å². The Balaban J connectivity index is 2.06. The van der Waals surface area contributed by atoms with Crippen molar-refractivity contribution in [1.82, 2.24) is 19.7 Å². The molecule has 0 fully saturated rings. The summed E-state index contributed by atoms with van der Waals surface area (Å²) < 4.78 is 7.27. The van der Waals surface area contributed by atoms with Gasteiger partial charge in [-0.15, -0.1) is 5.10 Å². The summed E-state index contributed by atoms with van der Waals surface area (Å²) in [5.74, 6) is 1.86. The molecule has 0 amide bonds. The van der Waals surface area contributed by atoms with Gasteiger partial charge in [0.15, 0.2) is 23.0 Å². The van der Waals surface area contributed by atoms with Crippen molar-refractivity contribution >= 4 is 11.8 Å². The van der Waals surface area contributed by atoms with Crippen molar-refractivity contribution in [3.05, 3.63) is 29.5 Å². The molecule has 0 bridgehead atoms. The molecule has 0 radical (unpaired) electrons. The average Bonchev–Trinajstić information content (AvgIpc) is 3.16. The smallest absolute Gasteiger partial charge is 0.205 e. The molecule has 0 aromatic heterocycles. The third-order valence-corrected chi connectivity index (χ3v) is 5.00. The molecule has 1 aromatic rings. The molecular weight excluding hydrogens is 396 g/mol. The van der Waals surface area contributed by atoms with Gasteiger partial charge in [0.25, 0.3) is 0 Å². The van der Waals surface area contributed by atoms with Crippen LogP contribution in [0.1, 0.15) is 57.8 Å². The number of nitrogens with one attached hydrogen (secondary N) is 2. The van der Waals surface area contributed by atoms with Gasteiger partial charge >= 0.3 is 0 Å². The van der Waals surface area contributed by atoms with Crippen LogP contribution in [0.5, 0.6) is 11.5 Å². The summed E-state index contributed by atoms with van der Waals surface area (Å²) in [6.45, 7) is 10.7. The average molecular weight is 429 g/mol. The molecule has 3 rings (SSSR count). The molecule has 0 saturated carbocycles. The molecule has 0 aliphatic carbocycles. The van der Waals surface area contributed by atoms with Crippen LogP contribution >= 0.6 is 0 Å². The van der Waals surface area contributed by atoms with E-state index < -0.39 is 6.10 Å². The maximum atomic E-state index is 10.4. The Kier molecular flexibility index (Phi) is 6.84. The summed E-state index contributed by atoms with van der Waals surface area (Å²) in [4.78, 5) is 4.77. The van der Waals surface area contributed by atoms with Gasteiger partial charge in [0.05, 0.1) is 24.6 Å². The van der Waals surface area contributed by atoms with Crippen molar-refractivity contribution in [3.8, 4) is 22.9 Å². The van der Waals surface area contributed by atoms with Crippen LogP contribution in [0.4, 0.5) is 11.8 Å². The molecule has 2 aliphatic heterocycles. The fraction of sp³-hybridized carbons (Fsp3) is 0.500. The Labute approximate surface area is 182 Å². The zero-order chi connectivity index (χ0) is 22.7. The van der Waals surface area contributed by atoms with Crippen LogP contribution in [0, 0.1) is 0 Å². The summed E-state index contributed by atoms with van der Waals surface area (Å²) in [7, 11) is 1.52. The van der Waals surface area contributed by atoms with Crippen LogP contribution < -0.4 is 15.4 Å². The lowest BCUT2D eigenvalue weighted by molar-refractivity contribution is 0.208. The number of ether oxygens (including phenoxy) is 1. The molecule has 1 aromatic carbocycles. The van der Waals surface area contributed by atoms with Crippen LogP contribution in [0.25, 0.3) is 11.4 Å². The fourth-order valence-corrected chi connectivity index (χ4v) is 3.47. The Bertz CT molecular complexity index is 999. The standard InChI is InChI=1S/C22H32N6O3/c1-12(2)17-19-18(27-26-17)21(23-11-15-8-7-9-16(31-6)20(15)30)25-22(24-10-14(5)29)28(19)13(3)4/h7-9,12-14,23,29-30H,10-11H2,1-6H3,(H,24,25). The van der Waals surface area contributed by atoms with E-state index in [4.69, 9.17) is 9.72 Å². The first-order valence-electron chi connectivity index (χ1n) is 10.5. The first-order valence-corrected chi connectivity index (χ1v) is 10.5. The number of hydrogen-bond acceptors (Lipinski definition) is 8. The van der Waals surface area contributed by atoms with Gasteiger partial charge < -0.3 is 30.2 Å². The number of hydrogen-bond donors (Lipinski definition) is 4. The molecule has 0 saturated heterocycles. The summed E-state index contributed by atoms with van der Waals surface area (Å²) >= 11 is 0. The van der Waals surface area contributed by atoms with Crippen molar-refractivity contribution in [2.24, 2.45) is 0 Å². The lowest BCUT2D eigenvalue weighted by Crippen LogP contribution is -2.23. The number of methoxy groups -OCH3 is 1. The number of aliphatic hydroxyl groups excluding tert-OH is 1. The summed E-state index contributed by atoms with van der Waals surface area (Å²) in [5.41, 5.74) is 3.14. The monoisotopic (exact) mass is 428 g/mol. The molecule has 0 spiro atoms. The van der Waals surface area contributed by atoms with Gasteiger partial charge in [-0.25, -0.2) is 0 Å². The number of aromatic hydroxyl groups is 1. The second-order valence-corrected chi connectivity index (χ2v) is 8.24. The van der Waals surface area contributed by atoms with E-state index in [9.17, 15) is 10.2 Å². The normalized spacial score (nSPS) is 12.5. The maximum absolute atomic E-state index is 10.4. The first-order chi connectivity index (χ1) is 14.7. The second-order valence-electron chi connectivity index (χ2n) is 8.24. The van der Waals surface area contributed by atoms with E-state index in [2.05, 4.69) is 53.1 Å². The number of phenolic OH excluding ortho intramolecular Hbond substituents is 1. The van der Waals surface area contributed by atoms with Crippen LogP contribution in [-0.2, 0) is 6.54 Å². The van der Waals surface area contributed by atoms with Crippen LogP contribution in [0.15, 0.2) is 18.2 Å². The van der Waals surface area contributed by atoms with Gasteiger partial charge in [-0.2, -0.15) is 10.1 Å².